The molecule has 1 nitrogen and oxygen atoms in total. The smallest absolute Gasteiger partial charge is 0.0377 e. The maximum absolute atomic E-state index is 4.60. The maximum atomic E-state index is 4.60. The molecule has 0 saturated carbocycles. The van der Waals surface area contributed by atoms with Crippen molar-refractivity contribution in [2.75, 3.05) is 18.1 Å². The molecule has 0 amide bonds. The molecule has 0 spiro atoms. The van der Waals surface area contributed by atoms with Crippen LogP contribution in [0.5, 0.6) is 0 Å². The van der Waals surface area contributed by atoms with Crippen LogP contribution in [0.2, 0.25) is 0 Å². The summed E-state index contributed by atoms with van der Waals surface area (Å²) in [4.78, 5) is 0. The molecule has 1 fully saturated rings. The van der Waals surface area contributed by atoms with Gasteiger partial charge in [0.25, 0.3) is 0 Å². The Bertz CT molecular complexity index is 242. The summed E-state index contributed by atoms with van der Waals surface area (Å²) in [6.07, 6.45) is 1.12. The third kappa shape index (κ3) is 2.75. The van der Waals surface area contributed by atoms with Crippen LogP contribution in [0, 0.1) is 0 Å². The standard InChI is InChI=1S/C11H14NS/c1-2-4-10(5-3-1)8-11-9-13-7-6-12-11/h1-5,11H,6-9H2. The van der Waals surface area contributed by atoms with Crippen LogP contribution in [0.15, 0.2) is 30.3 Å². The lowest BCUT2D eigenvalue weighted by Crippen LogP contribution is -2.33. The molecule has 1 aromatic rings. The Morgan fingerprint density at radius 1 is 1.31 bits per heavy atom. The van der Waals surface area contributed by atoms with E-state index in [1.165, 1.54) is 17.1 Å². The lowest BCUT2D eigenvalue weighted by molar-refractivity contribution is 0.551. The van der Waals surface area contributed by atoms with Crippen LogP contribution in [-0.4, -0.2) is 24.1 Å². The van der Waals surface area contributed by atoms with Crippen molar-refractivity contribution in [2.24, 2.45) is 0 Å². The average Bonchev–Trinajstić information content (AvgIpc) is 2.21. The molecule has 69 valence electrons. The molecular weight excluding hydrogens is 178 g/mol. The third-order valence-corrected chi connectivity index (χ3v) is 3.34. The Balaban J connectivity index is 1.90. The Morgan fingerprint density at radius 2 is 2.15 bits per heavy atom. The van der Waals surface area contributed by atoms with Crippen molar-refractivity contribution < 1.29 is 0 Å². The average molecular weight is 192 g/mol. The van der Waals surface area contributed by atoms with Gasteiger partial charge >= 0.3 is 0 Å². The largest absolute Gasteiger partial charge is 0.236 e. The normalized spacial score (nSPS) is 22.9. The van der Waals surface area contributed by atoms with E-state index in [-0.39, 0.29) is 0 Å². The minimum Gasteiger partial charge on any atom is -0.236 e. The fraction of sp³-hybridized carbons (Fsp3) is 0.455. The lowest BCUT2D eigenvalue weighted by Gasteiger charge is -2.21. The van der Waals surface area contributed by atoms with E-state index in [0.717, 1.165) is 13.0 Å². The molecule has 1 atom stereocenters. The Hall–Kier alpha value is -0.470. The van der Waals surface area contributed by atoms with Gasteiger partial charge in [0.2, 0.25) is 0 Å². The van der Waals surface area contributed by atoms with Crippen LogP contribution < -0.4 is 5.32 Å². The zero-order chi connectivity index (χ0) is 8.93. The second-order valence-electron chi connectivity index (χ2n) is 3.32. The highest BCUT2D eigenvalue weighted by Gasteiger charge is 2.13. The summed E-state index contributed by atoms with van der Waals surface area (Å²) < 4.78 is 0. The lowest BCUT2D eigenvalue weighted by atomic mass is 10.1. The van der Waals surface area contributed by atoms with Gasteiger partial charge in [-0.05, 0) is 12.0 Å². The first-order valence-corrected chi connectivity index (χ1v) is 5.89. The van der Waals surface area contributed by atoms with Crippen LogP contribution in [0.25, 0.3) is 0 Å². The van der Waals surface area contributed by atoms with Crippen LogP contribution in [0.3, 0.4) is 0 Å². The van der Waals surface area contributed by atoms with Crippen molar-refractivity contribution in [3.63, 3.8) is 0 Å². The molecule has 0 aromatic heterocycles. The first kappa shape index (κ1) is 9.10. The van der Waals surface area contributed by atoms with Gasteiger partial charge in [-0.1, -0.05) is 30.3 Å². The predicted octanol–water partition coefficient (Wildman–Crippen LogP) is 1.95. The SMILES string of the molecule is c1ccc(CC2CSCC[N]2)cc1. The van der Waals surface area contributed by atoms with Crippen molar-refractivity contribution in [1.82, 2.24) is 5.32 Å². The number of thioether (sulfide) groups is 1. The highest BCUT2D eigenvalue weighted by Crippen LogP contribution is 2.13. The van der Waals surface area contributed by atoms with Crippen molar-refractivity contribution in [3.05, 3.63) is 35.9 Å². The van der Waals surface area contributed by atoms with Crippen LogP contribution >= 0.6 is 11.8 Å². The van der Waals surface area contributed by atoms with Crippen molar-refractivity contribution in [3.8, 4) is 0 Å². The Kier molecular flexibility index (Phi) is 3.27. The highest BCUT2D eigenvalue weighted by molar-refractivity contribution is 7.99. The van der Waals surface area contributed by atoms with Gasteiger partial charge in [0.05, 0.1) is 0 Å². The molecule has 0 N–H and O–H groups in total. The van der Waals surface area contributed by atoms with Crippen LogP contribution in [0.4, 0.5) is 0 Å². The third-order valence-electron chi connectivity index (χ3n) is 2.25. The minimum absolute atomic E-state index is 0.557. The van der Waals surface area contributed by atoms with Crippen molar-refractivity contribution in [2.45, 2.75) is 12.5 Å². The molecule has 1 saturated heterocycles. The van der Waals surface area contributed by atoms with Gasteiger partial charge in [-0.15, -0.1) is 0 Å². The molecule has 1 heterocycles. The van der Waals surface area contributed by atoms with Gasteiger partial charge in [0, 0.05) is 24.1 Å². The highest BCUT2D eigenvalue weighted by atomic mass is 32.2. The van der Waals surface area contributed by atoms with E-state index in [0.29, 0.717) is 6.04 Å². The zero-order valence-corrected chi connectivity index (χ0v) is 8.46. The first-order valence-electron chi connectivity index (χ1n) is 4.73. The summed E-state index contributed by atoms with van der Waals surface area (Å²) in [5.74, 6) is 2.42. The molecule has 0 aliphatic carbocycles. The summed E-state index contributed by atoms with van der Waals surface area (Å²) in [6.45, 7) is 1.04. The molecule has 1 unspecified atom stereocenters. The van der Waals surface area contributed by atoms with Crippen LogP contribution in [-0.2, 0) is 6.42 Å². The number of nitrogens with zero attached hydrogens (tertiary/aromatic N) is 1. The molecule has 2 heteroatoms. The van der Waals surface area contributed by atoms with Gasteiger partial charge in [-0.3, -0.25) is 0 Å². The molecular formula is C11H14NS. The topological polar surface area (TPSA) is 14.1 Å². The van der Waals surface area contributed by atoms with Gasteiger partial charge in [0.1, 0.15) is 0 Å². The summed E-state index contributed by atoms with van der Waals surface area (Å²) in [5, 5.41) is 4.60. The van der Waals surface area contributed by atoms with E-state index in [1.807, 2.05) is 11.8 Å². The van der Waals surface area contributed by atoms with Gasteiger partial charge < -0.3 is 0 Å². The Morgan fingerprint density at radius 3 is 2.85 bits per heavy atom. The van der Waals surface area contributed by atoms with Crippen molar-refractivity contribution in [1.29, 1.82) is 0 Å². The zero-order valence-electron chi connectivity index (χ0n) is 7.65. The molecule has 0 bridgehead atoms. The molecule has 1 aliphatic heterocycles. The van der Waals surface area contributed by atoms with E-state index < -0.39 is 0 Å². The molecule has 1 radical (unpaired) electrons. The van der Waals surface area contributed by atoms with E-state index in [4.69, 9.17) is 0 Å². The maximum Gasteiger partial charge on any atom is 0.0377 e. The number of benzene rings is 1. The summed E-state index contributed by atoms with van der Waals surface area (Å²) in [7, 11) is 0. The second-order valence-corrected chi connectivity index (χ2v) is 4.47. The molecule has 2 rings (SSSR count). The fourth-order valence-electron chi connectivity index (χ4n) is 1.58. The number of hydrogen-bond acceptors (Lipinski definition) is 1. The van der Waals surface area contributed by atoms with Crippen molar-refractivity contribution >= 4 is 11.8 Å². The number of rotatable bonds is 2. The Labute approximate surface area is 83.9 Å². The number of hydrogen-bond donors (Lipinski definition) is 0. The quantitative estimate of drug-likeness (QED) is 0.698. The minimum atomic E-state index is 0.557. The van der Waals surface area contributed by atoms with E-state index in [2.05, 4.69) is 35.6 Å². The van der Waals surface area contributed by atoms with Gasteiger partial charge in [0.15, 0.2) is 0 Å². The summed E-state index contributed by atoms with van der Waals surface area (Å²) >= 11 is 2.03. The molecule has 1 aliphatic rings. The summed E-state index contributed by atoms with van der Waals surface area (Å²) in [5.41, 5.74) is 1.42. The van der Waals surface area contributed by atoms with E-state index >= 15 is 0 Å². The fourth-order valence-corrected chi connectivity index (χ4v) is 2.48. The van der Waals surface area contributed by atoms with E-state index in [9.17, 15) is 0 Å². The molecule has 1 aromatic carbocycles. The van der Waals surface area contributed by atoms with Gasteiger partial charge in [-0.2, -0.15) is 11.8 Å². The molecule has 13 heavy (non-hydrogen) atoms. The predicted molar refractivity (Wildman–Crippen MR) is 58.3 cm³/mol. The second kappa shape index (κ2) is 4.68. The van der Waals surface area contributed by atoms with E-state index in [1.54, 1.807) is 0 Å². The first-order chi connectivity index (χ1) is 6.45. The summed E-state index contributed by atoms with van der Waals surface area (Å²) in [6, 6.07) is 11.2. The van der Waals surface area contributed by atoms with Gasteiger partial charge in [-0.25, -0.2) is 5.32 Å². The van der Waals surface area contributed by atoms with Crippen LogP contribution in [0.1, 0.15) is 5.56 Å². The monoisotopic (exact) mass is 192 g/mol.